The van der Waals surface area contributed by atoms with Gasteiger partial charge in [-0.1, -0.05) is 39.9 Å². The first-order valence-electron chi connectivity index (χ1n) is 8.53. The topological polar surface area (TPSA) is 72.5 Å². The van der Waals surface area contributed by atoms with E-state index in [-0.39, 0.29) is 15.5 Å². The third-order valence-electron chi connectivity index (χ3n) is 3.51. The number of halogens is 1. The Morgan fingerprint density at radius 3 is 2.54 bits per heavy atom. The van der Waals surface area contributed by atoms with E-state index in [9.17, 15) is 13.2 Å². The molecule has 2 rings (SSSR count). The number of sulfone groups is 1. The van der Waals surface area contributed by atoms with Gasteiger partial charge in [-0.2, -0.15) is 0 Å². The van der Waals surface area contributed by atoms with E-state index >= 15 is 0 Å². The SMILES string of the molecule is Cc1ccc(NC(=O)OC(C)(C)C)c(S(=O)(=O)c2cccc(C#CCBr)c2)c1. The van der Waals surface area contributed by atoms with Gasteiger partial charge >= 0.3 is 6.09 Å². The van der Waals surface area contributed by atoms with E-state index in [4.69, 9.17) is 4.74 Å². The monoisotopic (exact) mass is 463 g/mol. The Balaban J connectivity index is 2.48. The fourth-order valence-electron chi connectivity index (χ4n) is 2.37. The molecule has 0 bridgehead atoms. The minimum Gasteiger partial charge on any atom is -0.444 e. The maximum Gasteiger partial charge on any atom is 0.412 e. The van der Waals surface area contributed by atoms with Gasteiger partial charge in [-0.3, -0.25) is 5.32 Å². The lowest BCUT2D eigenvalue weighted by atomic mass is 10.2. The van der Waals surface area contributed by atoms with Crippen molar-refractivity contribution >= 4 is 37.5 Å². The number of hydrogen-bond acceptors (Lipinski definition) is 4. The summed E-state index contributed by atoms with van der Waals surface area (Å²) in [5, 5.41) is 3.04. The summed E-state index contributed by atoms with van der Waals surface area (Å²) >= 11 is 3.22. The molecule has 7 heteroatoms. The lowest BCUT2D eigenvalue weighted by Gasteiger charge is -2.20. The Morgan fingerprint density at radius 2 is 1.89 bits per heavy atom. The molecule has 0 fully saturated rings. The maximum absolute atomic E-state index is 13.3. The van der Waals surface area contributed by atoms with Gasteiger partial charge in [0.2, 0.25) is 9.84 Å². The summed E-state index contributed by atoms with van der Waals surface area (Å²) in [5.74, 6) is 5.74. The highest BCUT2D eigenvalue weighted by Gasteiger charge is 2.24. The number of carbonyl (C=O) groups is 1. The average molecular weight is 464 g/mol. The molecule has 0 aliphatic heterocycles. The van der Waals surface area contributed by atoms with Gasteiger partial charge in [0.05, 0.1) is 20.8 Å². The molecular formula is C21H22BrNO4S. The molecule has 2 aromatic carbocycles. The van der Waals surface area contributed by atoms with Gasteiger partial charge in [0.1, 0.15) is 5.60 Å². The lowest BCUT2D eigenvalue weighted by Crippen LogP contribution is -2.27. The molecule has 148 valence electrons. The molecule has 0 aromatic heterocycles. The first kappa shape index (κ1) is 22.0. The van der Waals surface area contributed by atoms with Gasteiger partial charge in [0.15, 0.2) is 0 Å². The Kier molecular flexibility index (Phi) is 6.91. The number of nitrogens with one attached hydrogen (secondary N) is 1. The zero-order valence-electron chi connectivity index (χ0n) is 16.2. The van der Waals surface area contributed by atoms with Gasteiger partial charge in [-0.05, 0) is 63.6 Å². The first-order valence-corrected chi connectivity index (χ1v) is 11.1. The van der Waals surface area contributed by atoms with Crippen LogP contribution >= 0.6 is 15.9 Å². The summed E-state index contributed by atoms with van der Waals surface area (Å²) in [5.41, 5.74) is 0.811. The van der Waals surface area contributed by atoms with Gasteiger partial charge in [0, 0.05) is 5.56 Å². The number of hydrogen-bond donors (Lipinski definition) is 1. The molecule has 1 N–H and O–H groups in total. The van der Waals surface area contributed by atoms with Crippen LogP contribution in [0.4, 0.5) is 10.5 Å². The first-order chi connectivity index (χ1) is 13.0. The zero-order valence-corrected chi connectivity index (χ0v) is 18.6. The summed E-state index contributed by atoms with van der Waals surface area (Å²) in [7, 11) is -3.88. The maximum atomic E-state index is 13.3. The minimum absolute atomic E-state index is 0.00367. The van der Waals surface area contributed by atoms with Crippen LogP contribution in [0.3, 0.4) is 0 Å². The van der Waals surface area contributed by atoms with Crippen LogP contribution in [0.2, 0.25) is 0 Å². The van der Waals surface area contributed by atoms with E-state index in [0.717, 1.165) is 5.56 Å². The summed E-state index contributed by atoms with van der Waals surface area (Å²) in [6.45, 7) is 6.99. The van der Waals surface area contributed by atoms with Gasteiger partial charge in [-0.25, -0.2) is 13.2 Å². The quantitative estimate of drug-likeness (QED) is 0.517. The van der Waals surface area contributed by atoms with Crippen LogP contribution in [0.5, 0.6) is 0 Å². The second-order valence-corrected chi connectivity index (χ2v) is 9.57. The molecule has 0 spiro atoms. The van der Waals surface area contributed by atoms with Gasteiger partial charge in [-0.15, -0.1) is 0 Å². The van der Waals surface area contributed by atoms with Crippen molar-refractivity contribution in [1.29, 1.82) is 0 Å². The third-order valence-corrected chi connectivity index (χ3v) is 5.58. The molecular weight excluding hydrogens is 442 g/mol. The van der Waals surface area contributed by atoms with Crippen LogP contribution in [0.25, 0.3) is 0 Å². The molecule has 28 heavy (non-hydrogen) atoms. The van der Waals surface area contributed by atoms with Crippen LogP contribution < -0.4 is 5.32 Å². The Morgan fingerprint density at radius 1 is 1.18 bits per heavy atom. The van der Waals surface area contributed by atoms with Gasteiger partial charge < -0.3 is 4.74 Å². The number of amides is 1. The molecule has 5 nitrogen and oxygen atoms in total. The second-order valence-electron chi connectivity index (χ2n) is 7.09. The van der Waals surface area contributed by atoms with Crippen LogP contribution in [-0.2, 0) is 14.6 Å². The van der Waals surface area contributed by atoms with Crippen molar-refractivity contribution < 1.29 is 17.9 Å². The Hall–Kier alpha value is -2.30. The van der Waals surface area contributed by atoms with Crippen molar-refractivity contribution in [3.8, 4) is 11.8 Å². The van der Waals surface area contributed by atoms with Crippen molar-refractivity contribution in [2.75, 3.05) is 10.6 Å². The Bertz CT molecular complexity index is 1040. The molecule has 1 amide bonds. The fraction of sp³-hybridized carbons (Fsp3) is 0.286. The molecule has 0 heterocycles. The molecule has 0 unspecified atom stereocenters. The van der Waals surface area contributed by atoms with E-state index < -0.39 is 21.5 Å². The standard InChI is InChI=1S/C21H22BrNO4S/c1-15-10-11-18(23-20(24)27-21(2,3)4)19(13-15)28(25,26)17-9-5-7-16(14-17)8-6-12-22/h5,7,9-11,13-14H,12H2,1-4H3,(H,23,24). The zero-order chi connectivity index (χ0) is 20.9. The van der Waals surface area contributed by atoms with Crippen molar-refractivity contribution in [2.45, 2.75) is 43.1 Å². The van der Waals surface area contributed by atoms with E-state index in [1.54, 1.807) is 52.0 Å². The highest BCUT2D eigenvalue weighted by molar-refractivity contribution is 9.09. The highest BCUT2D eigenvalue weighted by atomic mass is 79.9. The Labute approximate surface area is 174 Å². The van der Waals surface area contributed by atoms with Crippen LogP contribution in [0, 0.1) is 18.8 Å². The van der Waals surface area contributed by atoms with Gasteiger partial charge in [0.25, 0.3) is 0 Å². The van der Waals surface area contributed by atoms with Crippen molar-refractivity contribution in [2.24, 2.45) is 0 Å². The molecule has 0 atom stereocenters. The molecule has 0 saturated carbocycles. The fourth-order valence-corrected chi connectivity index (χ4v) is 4.06. The predicted molar refractivity (Wildman–Crippen MR) is 114 cm³/mol. The van der Waals surface area contributed by atoms with Crippen LogP contribution in [0.1, 0.15) is 31.9 Å². The minimum atomic E-state index is -3.88. The molecule has 0 radical (unpaired) electrons. The molecule has 0 saturated heterocycles. The van der Waals surface area contributed by atoms with Crippen molar-refractivity contribution in [3.05, 3.63) is 53.6 Å². The van der Waals surface area contributed by atoms with Crippen LogP contribution in [-0.4, -0.2) is 25.4 Å². The number of anilines is 1. The summed E-state index contributed by atoms with van der Waals surface area (Å²) in [4.78, 5) is 12.3. The largest absolute Gasteiger partial charge is 0.444 e. The smallest absolute Gasteiger partial charge is 0.412 e. The number of aryl methyl sites for hydroxylation is 1. The number of benzene rings is 2. The summed E-state index contributed by atoms with van der Waals surface area (Å²) in [6.07, 6.45) is -0.718. The predicted octanol–water partition coefficient (Wildman–Crippen LogP) is 4.92. The highest BCUT2D eigenvalue weighted by Crippen LogP contribution is 2.29. The number of carbonyl (C=O) groups excluding carboxylic acids is 1. The van der Waals surface area contributed by atoms with Crippen molar-refractivity contribution in [1.82, 2.24) is 0 Å². The number of alkyl halides is 1. The average Bonchev–Trinajstić information content (AvgIpc) is 2.60. The van der Waals surface area contributed by atoms with Crippen molar-refractivity contribution in [3.63, 3.8) is 0 Å². The normalized spacial score (nSPS) is 11.3. The molecule has 0 aliphatic carbocycles. The van der Waals surface area contributed by atoms with Crippen LogP contribution in [0.15, 0.2) is 52.3 Å². The molecule has 2 aromatic rings. The lowest BCUT2D eigenvalue weighted by molar-refractivity contribution is 0.0635. The summed E-state index contributed by atoms with van der Waals surface area (Å²) < 4.78 is 31.7. The number of ether oxygens (including phenoxy) is 1. The van der Waals surface area contributed by atoms with E-state index in [2.05, 4.69) is 33.1 Å². The molecule has 0 aliphatic rings. The van der Waals surface area contributed by atoms with E-state index in [0.29, 0.717) is 10.9 Å². The number of rotatable bonds is 3. The summed E-state index contributed by atoms with van der Waals surface area (Å²) in [6, 6.07) is 11.2. The third kappa shape index (κ3) is 5.85. The van der Waals surface area contributed by atoms with E-state index in [1.165, 1.54) is 18.2 Å². The van der Waals surface area contributed by atoms with E-state index in [1.807, 2.05) is 0 Å². The second kappa shape index (κ2) is 8.80.